The zero-order chi connectivity index (χ0) is 22.7. The quantitative estimate of drug-likeness (QED) is 0.608. The Morgan fingerprint density at radius 3 is 2.38 bits per heavy atom. The number of ether oxygens (including phenoxy) is 2. The summed E-state index contributed by atoms with van der Waals surface area (Å²) in [5.41, 5.74) is 0.630. The number of hydrogen-bond donors (Lipinski definition) is 0. The highest BCUT2D eigenvalue weighted by Crippen LogP contribution is 2.67. The van der Waals surface area contributed by atoms with Gasteiger partial charge in [-0.1, -0.05) is 13.8 Å². The van der Waals surface area contributed by atoms with Crippen molar-refractivity contribution >= 4 is 5.97 Å². The Morgan fingerprint density at radius 2 is 1.69 bits per heavy atom. The number of nitrogens with zero attached hydrogens (tertiary/aromatic N) is 2. The fraction of sp³-hybridized carbons (Fsp3) is 0.963. The third-order valence-corrected chi connectivity index (χ3v) is 11.1. The molecule has 4 saturated carbocycles. The Balaban J connectivity index is 1.40. The average molecular weight is 447 g/mol. The molecule has 5 heteroatoms. The molecule has 9 atom stereocenters. The van der Waals surface area contributed by atoms with Crippen molar-refractivity contribution in [3.05, 3.63) is 0 Å². The van der Waals surface area contributed by atoms with E-state index in [-0.39, 0.29) is 17.5 Å². The van der Waals surface area contributed by atoms with Gasteiger partial charge in [-0.25, -0.2) is 0 Å². The van der Waals surface area contributed by atoms with E-state index in [1.54, 1.807) is 6.92 Å². The topological polar surface area (TPSA) is 42.0 Å². The molecule has 0 amide bonds. The van der Waals surface area contributed by atoms with E-state index in [2.05, 4.69) is 37.7 Å². The molecule has 182 valence electrons. The first-order valence-electron chi connectivity index (χ1n) is 13.4. The van der Waals surface area contributed by atoms with Crippen LogP contribution in [0.1, 0.15) is 72.1 Å². The Morgan fingerprint density at radius 1 is 0.969 bits per heavy atom. The minimum atomic E-state index is -0.102. The van der Waals surface area contributed by atoms with Gasteiger partial charge in [0.25, 0.3) is 0 Å². The van der Waals surface area contributed by atoms with Gasteiger partial charge >= 0.3 is 5.97 Å². The molecule has 5 nitrogen and oxygen atoms in total. The molecule has 5 rings (SSSR count). The van der Waals surface area contributed by atoms with Gasteiger partial charge in [-0.2, -0.15) is 0 Å². The molecule has 0 aromatic rings. The molecule has 32 heavy (non-hydrogen) atoms. The van der Waals surface area contributed by atoms with Crippen LogP contribution >= 0.6 is 0 Å². The molecule has 0 bridgehead atoms. The van der Waals surface area contributed by atoms with Gasteiger partial charge in [0, 0.05) is 37.5 Å². The number of carbonyl (C=O) groups excluding carboxylic acids is 1. The summed E-state index contributed by atoms with van der Waals surface area (Å²) in [7, 11) is 4.54. The molecule has 1 heterocycles. The van der Waals surface area contributed by atoms with Gasteiger partial charge in [0.1, 0.15) is 6.10 Å². The van der Waals surface area contributed by atoms with Crippen LogP contribution in [0.5, 0.6) is 0 Å². The fourth-order valence-corrected chi connectivity index (χ4v) is 9.31. The Bertz CT molecular complexity index is 707. The molecule has 5 aliphatic rings. The maximum absolute atomic E-state index is 12.2. The first-order valence-corrected chi connectivity index (χ1v) is 13.4. The zero-order valence-corrected chi connectivity index (χ0v) is 21.1. The first-order chi connectivity index (χ1) is 15.2. The van der Waals surface area contributed by atoms with Gasteiger partial charge < -0.3 is 14.4 Å². The van der Waals surface area contributed by atoms with Gasteiger partial charge in [-0.15, -0.1) is 0 Å². The van der Waals surface area contributed by atoms with Crippen LogP contribution in [0.2, 0.25) is 0 Å². The van der Waals surface area contributed by atoms with E-state index in [9.17, 15) is 4.79 Å². The lowest BCUT2D eigenvalue weighted by atomic mass is 9.45. The van der Waals surface area contributed by atoms with E-state index in [1.165, 1.54) is 51.4 Å². The highest BCUT2D eigenvalue weighted by Gasteiger charge is 2.64. The van der Waals surface area contributed by atoms with Gasteiger partial charge in [-0.3, -0.25) is 9.69 Å². The van der Waals surface area contributed by atoms with Gasteiger partial charge in [0.2, 0.25) is 0 Å². The van der Waals surface area contributed by atoms with E-state index in [0.29, 0.717) is 17.4 Å². The normalized spacial score (nSPS) is 49.2. The second-order valence-electron chi connectivity index (χ2n) is 12.6. The van der Waals surface area contributed by atoms with Gasteiger partial charge in [0.15, 0.2) is 0 Å². The molecule has 0 spiro atoms. The molecule has 1 aliphatic heterocycles. The summed E-state index contributed by atoms with van der Waals surface area (Å²) < 4.78 is 11.8. The maximum Gasteiger partial charge on any atom is 0.302 e. The van der Waals surface area contributed by atoms with Gasteiger partial charge in [-0.05, 0) is 94.5 Å². The van der Waals surface area contributed by atoms with E-state index in [0.717, 1.165) is 50.1 Å². The van der Waals surface area contributed by atoms with Crippen molar-refractivity contribution < 1.29 is 14.3 Å². The van der Waals surface area contributed by atoms with Crippen LogP contribution in [0.4, 0.5) is 0 Å². The smallest absolute Gasteiger partial charge is 0.302 e. The van der Waals surface area contributed by atoms with Crippen LogP contribution in [0.3, 0.4) is 0 Å². The second kappa shape index (κ2) is 8.53. The fourth-order valence-electron chi connectivity index (χ4n) is 9.31. The Hall–Kier alpha value is -0.650. The number of esters is 1. The summed E-state index contributed by atoms with van der Waals surface area (Å²) in [6, 6.07) is 1.13. The molecule has 0 N–H and O–H groups in total. The molecule has 0 radical (unpaired) electrons. The van der Waals surface area contributed by atoms with E-state index in [1.807, 2.05) is 0 Å². The largest absolute Gasteiger partial charge is 0.460 e. The van der Waals surface area contributed by atoms with E-state index in [4.69, 9.17) is 9.47 Å². The highest BCUT2D eigenvalue weighted by atomic mass is 16.5. The number of carbonyl (C=O) groups is 1. The minimum Gasteiger partial charge on any atom is -0.460 e. The number of fused-ring (bicyclic) bond motifs is 5. The molecule has 0 aromatic carbocycles. The van der Waals surface area contributed by atoms with E-state index >= 15 is 0 Å². The third-order valence-electron chi connectivity index (χ3n) is 11.1. The second-order valence-corrected chi connectivity index (χ2v) is 12.6. The van der Waals surface area contributed by atoms with Crippen LogP contribution in [-0.4, -0.2) is 74.4 Å². The van der Waals surface area contributed by atoms with Crippen LogP contribution in [0, 0.1) is 34.5 Å². The van der Waals surface area contributed by atoms with Crippen molar-refractivity contribution in [1.29, 1.82) is 0 Å². The lowest BCUT2D eigenvalue weighted by molar-refractivity contribution is -0.166. The molecule has 0 unspecified atom stereocenters. The maximum atomic E-state index is 12.2. The van der Waals surface area contributed by atoms with Crippen molar-refractivity contribution in [2.75, 3.05) is 40.4 Å². The molecule has 5 fully saturated rings. The molecular formula is C27H46N2O3. The molecule has 1 saturated heterocycles. The lowest BCUT2D eigenvalue weighted by Crippen LogP contribution is -2.56. The summed E-state index contributed by atoms with van der Waals surface area (Å²) in [6.07, 6.45) is 10.7. The highest BCUT2D eigenvalue weighted by molar-refractivity contribution is 5.66. The summed E-state index contributed by atoms with van der Waals surface area (Å²) in [4.78, 5) is 17.2. The van der Waals surface area contributed by atoms with Crippen molar-refractivity contribution in [2.24, 2.45) is 34.5 Å². The van der Waals surface area contributed by atoms with Crippen molar-refractivity contribution in [2.45, 2.75) is 90.3 Å². The molecular weight excluding hydrogens is 400 g/mol. The summed E-state index contributed by atoms with van der Waals surface area (Å²) >= 11 is 0. The van der Waals surface area contributed by atoms with E-state index < -0.39 is 0 Å². The zero-order valence-electron chi connectivity index (χ0n) is 21.1. The number of morpholine rings is 1. The predicted octanol–water partition coefficient (Wildman–Crippen LogP) is 4.20. The van der Waals surface area contributed by atoms with Crippen LogP contribution in [0.25, 0.3) is 0 Å². The van der Waals surface area contributed by atoms with Crippen molar-refractivity contribution in [3.8, 4) is 0 Å². The number of rotatable bonds is 3. The summed E-state index contributed by atoms with van der Waals surface area (Å²) in [6.45, 7) is 10.3. The predicted molar refractivity (Wildman–Crippen MR) is 126 cm³/mol. The third kappa shape index (κ3) is 3.65. The molecule has 4 aliphatic carbocycles. The van der Waals surface area contributed by atoms with Crippen LogP contribution in [0.15, 0.2) is 0 Å². The van der Waals surface area contributed by atoms with Crippen molar-refractivity contribution in [3.63, 3.8) is 0 Å². The van der Waals surface area contributed by atoms with Gasteiger partial charge in [0.05, 0.1) is 13.2 Å². The van der Waals surface area contributed by atoms with Crippen LogP contribution in [-0.2, 0) is 14.3 Å². The summed E-state index contributed by atoms with van der Waals surface area (Å²) in [5.74, 6) is 3.12. The standard InChI is InChI=1S/C27H46N2O3/c1-18(30)32-25-24(29-12-14-31-15-13-29)17-23-21-7-6-19-16-20(28(4)5)8-10-26(19,2)22(21)9-11-27(23,25)3/h19-25H,6-17H2,1-5H3/t19-,20-,21+,22-,23-,24-,25-,26-,27-/m0/s1. The molecule has 0 aromatic heterocycles. The van der Waals surface area contributed by atoms with Crippen molar-refractivity contribution in [1.82, 2.24) is 9.80 Å². The summed E-state index contributed by atoms with van der Waals surface area (Å²) in [5, 5.41) is 0. The number of hydrogen-bond acceptors (Lipinski definition) is 5. The SMILES string of the molecule is CC(=O)O[C@H]1[C@@H](N2CCOCC2)C[C@H]2[C@@H]3CC[C@H]4C[C@@H](N(C)C)CC[C@]4(C)[C@H]3CC[C@@]21C. The average Bonchev–Trinajstić information content (AvgIpc) is 3.05. The Labute approximate surface area is 195 Å². The Kier molecular flexibility index (Phi) is 6.16. The lowest BCUT2D eigenvalue weighted by Gasteiger charge is -2.61. The first kappa shape index (κ1) is 23.1. The monoisotopic (exact) mass is 446 g/mol. The van der Waals surface area contributed by atoms with Crippen LogP contribution < -0.4 is 0 Å². The minimum absolute atomic E-state index is 0.0408.